The summed E-state index contributed by atoms with van der Waals surface area (Å²) >= 11 is 8.34. The molecule has 0 fully saturated rings. The number of hydrogen-bond donors (Lipinski definition) is 0. The summed E-state index contributed by atoms with van der Waals surface area (Å²) in [5.41, 5.74) is 0. The molecule has 0 N–H and O–H groups in total. The van der Waals surface area contributed by atoms with E-state index in [1.165, 1.54) is 26.2 Å². The van der Waals surface area contributed by atoms with Gasteiger partial charge in [-0.2, -0.15) is 0 Å². The van der Waals surface area contributed by atoms with E-state index in [0.717, 1.165) is 5.88 Å². The SMILES string of the molecule is CC(=O)CBr.CCCCCCl. The second kappa shape index (κ2) is 13.1. The normalized spacial score (nSPS) is 8.36. The van der Waals surface area contributed by atoms with Crippen LogP contribution in [0.4, 0.5) is 0 Å². The Bertz CT molecular complexity index is 82.2. The van der Waals surface area contributed by atoms with Crippen molar-refractivity contribution in [2.24, 2.45) is 0 Å². The van der Waals surface area contributed by atoms with Crippen LogP contribution in [-0.2, 0) is 4.79 Å². The minimum Gasteiger partial charge on any atom is -0.299 e. The number of carbonyl (C=O) groups excluding carboxylic acids is 1. The van der Waals surface area contributed by atoms with Gasteiger partial charge in [-0.1, -0.05) is 35.7 Å². The summed E-state index contributed by atoms with van der Waals surface area (Å²) in [5, 5.41) is 0.479. The molecule has 0 rings (SSSR count). The molecule has 68 valence electrons. The van der Waals surface area contributed by atoms with E-state index in [1.54, 1.807) is 0 Å². The second-order valence-corrected chi connectivity index (χ2v) is 3.17. The standard InChI is InChI=1S/C5H11Cl.C3H5BrO/c1-2-3-4-5-6;1-3(5)2-4/h2-5H2,1H3;2H2,1H3. The first-order valence-corrected chi connectivity index (χ1v) is 5.46. The Labute approximate surface area is 82.6 Å². The van der Waals surface area contributed by atoms with Gasteiger partial charge in [0.05, 0.1) is 5.33 Å². The molecule has 0 saturated carbocycles. The fraction of sp³-hybridized carbons (Fsp3) is 0.875. The molecular weight excluding hydrogens is 227 g/mol. The van der Waals surface area contributed by atoms with Crippen molar-refractivity contribution in [3.05, 3.63) is 0 Å². The third kappa shape index (κ3) is 25.1. The number of alkyl halides is 2. The molecule has 0 bridgehead atoms. The highest BCUT2D eigenvalue weighted by Crippen LogP contribution is 1.93. The van der Waals surface area contributed by atoms with E-state index in [4.69, 9.17) is 11.6 Å². The van der Waals surface area contributed by atoms with Crippen LogP contribution < -0.4 is 0 Å². The molecular formula is C8H16BrClO. The lowest BCUT2D eigenvalue weighted by molar-refractivity contribution is -0.114. The largest absolute Gasteiger partial charge is 0.299 e. The van der Waals surface area contributed by atoms with Gasteiger partial charge in [-0.25, -0.2) is 0 Å². The van der Waals surface area contributed by atoms with Gasteiger partial charge in [-0.3, -0.25) is 4.79 Å². The highest BCUT2D eigenvalue weighted by Gasteiger charge is 1.79. The van der Waals surface area contributed by atoms with E-state index in [2.05, 4.69) is 22.9 Å². The van der Waals surface area contributed by atoms with Crippen molar-refractivity contribution < 1.29 is 4.79 Å². The number of Topliss-reactive ketones (excluding diaryl/α,β-unsaturated/α-hetero) is 1. The van der Waals surface area contributed by atoms with E-state index >= 15 is 0 Å². The van der Waals surface area contributed by atoms with Gasteiger partial charge in [0.2, 0.25) is 0 Å². The van der Waals surface area contributed by atoms with Crippen LogP contribution in [0.25, 0.3) is 0 Å². The first-order valence-electron chi connectivity index (χ1n) is 3.80. The summed E-state index contributed by atoms with van der Waals surface area (Å²) in [7, 11) is 0. The molecule has 0 aromatic carbocycles. The van der Waals surface area contributed by atoms with Crippen LogP contribution in [-0.4, -0.2) is 17.0 Å². The van der Waals surface area contributed by atoms with Crippen LogP contribution in [0, 0.1) is 0 Å². The maximum atomic E-state index is 9.77. The summed E-state index contributed by atoms with van der Waals surface area (Å²) in [4.78, 5) is 9.77. The molecule has 0 aromatic rings. The lowest BCUT2D eigenvalue weighted by Crippen LogP contribution is -1.85. The van der Waals surface area contributed by atoms with Gasteiger partial charge >= 0.3 is 0 Å². The quantitative estimate of drug-likeness (QED) is 0.546. The Kier molecular flexibility index (Phi) is 16.6. The zero-order valence-electron chi connectivity index (χ0n) is 7.20. The molecule has 0 aromatic heterocycles. The Hall–Kier alpha value is 0.440. The number of hydrogen-bond acceptors (Lipinski definition) is 1. The minimum absolute atomic E-state index is 0.171. The molecule has 3 heteroatoms. The van der Waals surface area contributed by atoms with Gasteiger partial charge < -0.3 is 0 Å². The van der Waals surface area contributed by atoms with Crippen molar-refractivity contribution in [3.8, 4) is 0 Å². The highest BCUT2D eigenvalue weighted by molar-refractivity contribution is 9.09. The topological polar surface area (TPSA) is 17.1 Å². The molecule has 0 heterocycles. The Morgan fingerprint density at radius 1 is 1.45 bits per heavy atom. The fourth-order valence-corrected chi connectivity index (χ4v) is 0.533. The van der Waals surface area contributed by atoms with Gasteiger partial charge in [0.1, 0.15) is 5.78 Å². The van der Waals surface area contributed by atoms with E-state index in [-0.39, 0.29) is 5.78 Å². The van der Waals surface area contributed by atoms with Crippen LogP contribution in [0.3, 0.4) is 0 Å². The number of carbonyl (C=O) groups is 1. The summed E-state index contributed by atoms with van der Waals surface area (Å²) in [6, 6.07) is 0. The van der Waals surface area contributed by atoms with Crippen LogP contribution in [0.15, 0.2) is 0 Å². The molecule has 0 aliphatic heterocycles. The molecule has 0 unspecified atom stereocenters. The summed E-state index contributed by atoms with van der Waals surface area (Å²) in [6.07, 6.45) is 3.73. The maximum Gasteiger partial charge on any atom is 0.140 e. The minimum atomic E-state index is 0.171. The number of unbranched alkanes of at least 4 members (excludes halogenated alkanes) is 2. The Morgan fingerprint density at radius 2 is 1.91 bits per heavy atom. The lowest BCUT2D eigenvalue weighted by Gasteiger charge is -1.84. The smallest absolute Gasteiger partial charge is 0.140 e. The zero-order valence-corrected chi connectivity index (χ0v) is 9.54. The molecule has 1 nitrogen and oxygen atoms in total. The summed E-state index contributed by atoms with van der Waals surface area (Å²) in [6.45, 7) is 3.71. The first-order chi connectivity index (χ1) is 5.18. The van der Waals surface area contributed by atoms with E-state index < -0.39 is 0 Å². The summed E-state index contributed by atoms with van der Waals surface area (Å²) < 4.78 is 0. The molecule has 0 radical (unpaired) electrons. The Balaban J connectivity index is 0. The molecule has 0 amide bonds. The zero-order chi connectivity index (χ0) is 9.11. The predicted octanol–water partition coefficient (Wildman–Crippen LogP) is 3.39. The van der Waals surface area contributed by atoms with Gasteiger partial charge in [0.15, 0.2) is 0 Å². The van der Waals surface area contributed by atoms with Crippen molar-refractivity contribution in [2.45, 2.75) is 33.1 Å². The van der Waals surface area contributed by atoms with Gasteiger partial charge in [-0.05, 0) is 13.3 Å². The van der Waals surface area contributed by atoms with Crippen molar-refractivity contribution in [3.63, 3.8) is 0 Å². The molecule has 0 atom stereocenters. The Morgan fingerprint density at radius 3 is 2.00 bits per heavy atom. The lowest BCUT2D eigenvalue weighted by atomic mass is 10.3. The van der Waals surface area contributed by atoms with Gasteiger partial charge in [0, 0.05) is 5.88 Å². The maximum absolute atomic E-state index is 9.77. The molecule has 0 aliphatic rings. The van der Waals surface area contributed by atoms with Gasteiger partial charge in [0.25, 0.3) is 0 Å². The van der Waals surface area contributed by atoms with Crippen LogP contribution in [0.5, 0.6) is 0 Å². The number of rotatable bonds is 4. The molecule has 0 saturated heterocycles. The number of ketones is 1. The van der Waals surface area contributed by atoms with Crippen molar-refractivity contribution in [2.75, 3.05) is 11.2 Å². The molecule has 0 spiro atoms. The van der Waals surface area contributed by atoms with Crippen molar-refractivity contribution >= 4 is 33.3 Å². The van der Waals surface area contributed by atoms with Crippen LogP contribution in [0.1, 0.15) is 33.1 Å². The average Bonchev–Trinajstić information content (AvgIpc) is 2.02. The van der Waals surface area contributed by atoms with Crippen molar-refractivity contribution in [1.29, 1.82) is 0 Å². The average molecular weight is 244 g/mol. The second-order valence-electron chi connectivity index (χ2n) is 2.23. The third-order valence-corrected chi connectivity index (χ3v) is 1.98. The monoisotopic (exact) mass is 242 g/mol. The molecule has 0 aliphatic carbocycles. The predicted molar refractivity (Wildman–Crippen MR) is 54.7 cm³/mol. The third-order valence-electron chi connectivity index (χ3n) is 0.925. The van der Waals surface area contributed by atoms with Crippen molar-refractivity contribution in [1.82, 2.24) is 0 Å². The van der Waals surface area contributed by atoms with Crippen LogP contribution >= 0.6 is 27.5 Å². The van der Waals surface area contributed by atoms with Crippen LogP contribution in [0.2, 0.25) is 0 Å². The highest BCUT2D eigenvalue weighted by atomic mass is 79.9. The molecule has 11 heavy (non-hydrogen) atoms. The van der Waals surface area contributed by atoms with Gasteiger partial charge in [-0.15, -0.1) is 11.6 Å². The number of halogens is 2. The van der Waals surface area contributed by atoms with E-state index in [0.29, 0.717) is 5.33 Å². The summed E-state index contributed by atoms with van der Waals surface area (Å²) in [5.74, 6) is 0.999. The van der Waals surface area contributed by atoms with E-state index in [1.807, 2.05) is 0 Å². The fourth-order valence-electron chi connectivity index (χ4n) is 0.344. The van der Waals surface area contributed by atoms with E-state index in [9.17, 15) is 4.79 Å². The first kappa shape index (κ1) is 14.0.